The third kappa shape index (κ3) is 5.82. The second-order valence-corrected chi connectivity index (χ2v) is 11.0. The molecular weight excluding hydrogens is 448 g/mol. The van der Waals surface area contributed by atoms with E-state index in [2.05, 4.69) is 49.4 Å². The fourth-order valence-electron chi connectivity index (χ4n) is 4.57. The lowest BCUT2D eigenvalue weighted by Gasteiger charge is -2.32. The van der Waals surface area contributed by atoms with Gasteiger partial charge in [-0.15, -0.1) is 0 Å². The Morgan fingerprint density at radius 2 is 1.91 bits per heavy atom. The number of rotatable bonds is 6. The maximum absolute atomic E-state index is 11.8. The summed E-state index contributed by atoms with van der Waals surface area (Å²) < 4.78 is 26.3. The average molecular weight is 479 g/mol. The molecule has 0 bridgehead atoms. The molecule has 3 N–H and O–H groups in total. The molecule has 8 nitrogen and oxygen atoms in total. The Kier molecular flexibility index (Phi) is 7.07. The van der Waals surface area contributed by atoms with E-state index < -0.39 is 10.0 Å². The highest BCUT2D eigenvalue weighted by atomic mass is 35.5. The SMILES string of the molecule is CN1CCCCc2cc(Nc3ncc(Cl)c(N[C@@H]4CCCC[C@H]4NS(C)(=O)=O)n3)ccc21. The second kappa shape index (κ2) is 9.80. The molecule has 0 unspecified atom stereocenters. The van der Waals surface area contributed by atoms with Crippen molar-refractivity contribution in [3.63, 3.8) is 0 Å². The van der Waals surface area contributed by atoms with Crippen LogP contribution in [0.25, 0.3) is 0 Å². The molecule has 2 aliphatic rings. The van der Waals surface area contributed by atoms with Crippen molar-refractivity contribution in [2.75, 3.05) is 35.4 Å². The lowest BCUT2D eigenvalue weighted by molar-refractivity contribution is 0.379. The molecule has 1 saturated carbocycles. The first kappa shape index (κ1) is 23.1. The summed E-state index contributed by atoms with van der Waals surface area (Å²) in [6.07, 6.45) is 9.82. The zero-order valence-electron chi connectivity index (χ0n) is 18.6. The molecule has 1 fully saturated rings. The van der Waals surface area contributed by atoms with Crippen LogP contribution < -0.4 is 20.3 Å². The van der Waals surface area contributed by atoms with E-state index >= 15 is 0 Å². The largest absolute Gasteiger partial charge is 0.374 e. The number of sulfonamides is 1. The Labute approximate surface area is 195 Å². The van der Waals surface area contributed by atoms with Gasteiger partial charge < -0.3 is 15.5 Å². The second-order valence-electron chi connectivity index (χ2n) is 8.77. The number of fused-ring (bicyclic) bond motifs is 1. The molecule has 0 spiro atoms. The van der Waals surface area contributed by atoms with Crippen LogP contribution in [-0.2, 0) is 16.4 Å². The molecule has 0 amide bonds. The molecule has 1 aromatic heterocycles. The van der Waals surface area contributed by atoms with Gasteiger partial charge in [-0.05, 0) is 55.9 Å². The van der Waals surface area contributed by atoms with Crippen molar-refractivity contribution in [1.29, 1.82) is 0 Å². The zero-order valence-corrected chi connectivity index (χ0v) is 20.1. The summed E-state index contributed by atoms with van der Waals surface area (Å²) in [5, 5.41) is 7.05. The Morgan fingerprint density at radius 1 is 1.12 bits per heavy atom. The van der Waals surface area contributed by atoms with Crippen LogP contribution in [0.15, 0.2) is 24.4 Å². The summed E-state index contributed by atoms with van der Waals surface area (Å²) in [6.45, 7) is 1.07. The fourth-order valence-corrected chi connectivity index (χ4v) is 5.55. The van der Waals surface area contributed by atoms with E-state index in [0.717, 1.165) is 44.3 Å². The van der Waals surface area contributed by atoms with E-state index in [1.165, 1.54) is 30.3 Å². The van der Waals surface area contributed by atoms with Crippen LogP contribution in [0.3, 0.4) is 0 Å². The van der Waals surface area contributed by atoms with Gasteiger partial charge in [0.2, 0.25) is 16.0 Å². The van der Waals surface area contributed by atoms with Crippen LogP contribution in [0, 0.1) is 0 Å². The predicted octanol–water partition coefficient (Wildman–Crippen LogP) is 3.92. The molecule has 2 atom stereocenters. The lowest BCUT2D eigenvalue weighted by atomic mass is 9.91. The number of benzene rings is 1. The molecule has 1 aliphatic heterocycles. The summed E-state index contributed by atoms with van der Waals surface area (Å²) in [6, 6.07) is 6.07. The van der Waals surface area contributed by atoms with Gasteiger partial charge in [-0.2, -0.15) is 4.98 Å². The number of hydrogen-bond acceptors (Lipinski definition) is 7. The van der Waals surface area contributed by atoms with Crippen molar-refractivity contribution in [3.05, 3.63) is 35.0 Å². The number of aromatic nitrogens is 2. The molecule has 0 saturated heterocycles. The first-order valence-electron chi connectivity index (χ1n) is 11.2. The van der Waals surface area contributed by atoms with E-state index in [1.807, 2.05) is 6.07 Å². The van der Waals surface area contributed by atoms with Crippen molar-refractivity contribution in [2.24, 2.45) is 0 Å². The molecule has 2 aromatic rings. The van der Waals surface area contributed by atoms with Crippen LogP contribution in [0.1, 0.15) is 44.1 Å². The minimum atomic E-state index is -3.29. The number of anilines is 4. The smallest absolute Gasteiger partial charge is 0.229 e. The maximum atomic E-state index is 11.8. The van der Waals surface area contributed by atoms with Crippen molar-refractivity contribution < 1.29 is 8.42 Å². The minimum Gasteiger partial charge on any atom is -0.374 e. The zero-order chi connectivity index (χ0) is 22.7. The monoisotopic (exact) mass is 478 g/mol. The Bertz CT molecular complexity index is 1060. The van der Waals surface area contributed by atoms with E-state index in [4.69, 9.17) is 11.6 Å². The quantitative estimate of drug-likeness (QED) is 0.578. The number of aryl methyl sites for hydroxylation is 1. The minimum absolute atomic E-state index is 0.0817. The van der Waals surface area contributed by atoms with Gasteiger partial charge in [0.15, 0.2) is 5.82 Å². The summed E-state index contributed by atoms with van der Waals surface area (Å²) in [4.78, 5) is 11.2. The van der Waals surface area contributed by atoms with E-state index in [-0.39, 0.29) is 12.1 Å². The summed E-state index contributed by atoms with van der Waals surface area (Å²) in [7, 11) is -1.16. The molecule has 32 heavy (non-hydrogen) atoms. The highest BCUT2D eigenvalue weighted by Crippen LogP contribution is 2.30. The van der Waals surface area contributed by atoms with Crippen molar-refractivity contribution in [3.8, 4) is 0 Å². The molecular formula is C22H31ClN6O2S. The van der Waals surface area contributed by atoms with Crippen molar-refractivity contribution in [2.45, 2.75) is 57.0 Å². The number of hydrogen-bond donors (Lipinski definition) is 3. The van der Waals surface area contributed by atoms with Crippen LogP contribution in [0.4, 0.5) is 23.1 Å². The molecule has 0 radical (unpaired) electrons. The van der Waals surface area contributed by atoms with Crippen LogP contribution in [-0.4, -0.2) is 50.3 Å². The summed E-state index contributed by atoms with van der Waals surface area (Å²) in [5.74, 6) is 0.952. The van der Waals surface area contributed by atoms with Crippen LogP contribution in [0.2, 0.25) is 5.02 Å². The lowest BCUT2D eigenvalue weighted by Crippen LogP contribution is -2.48. The Balaban J connectivity index is 1.51. The molecule has 1 aliphatic carbocycles. The van der Waals surface area contributed by atoms with Crippen LogP contribution in [0.5, 0.6) is 0 Å². The number of nitrogens with zero attached hydrogens (tertiary/aromatic N) is 3. The molecule has 174 valence electrons. The molecule has 4 rings (SSSR count). The normalized spacial score (nSPS) is 21.5. The van der Waals surface area contributed by atoms with E-state index in [9.17, 15) is 8.42 Å². The van der Waals surface area contributed by atoms with E-state index in [1.54, 1.807) is 6.20 Å². The first-order valence-corrected chi connectivity index (χ1v) is 13.4. The third-order valence-electron chi connectivity index (χ3n) is 6.13. The van der Waals surface area contributed by atoms with Crippen molar-refractivity contribution >= 4 is 44.8 Å². The van der Waals surface area contributed by atoms with Gasteiger partial charge in [0.05, 0.1) is 12.5 Å². The highest BCUT2D eigenvalue weighted by molar-refractivity contribution is 7.88. The summed E-state index contributed by atoms with van der Waals surface area (Å²) >= 11 is 6.37. The molecule has 2 heterocycles. The first-order chi connectivity index (χ1) is 15.3. The standard InChI is InChI=1S/C22H31ClN6O2S/c1-29-12-6-5-7-15-13-16(10-11-20(15)29)25-22-24-14-17(23)21(27-22)26-18-8-3-4-9-19(18)28-32(2,30)31/h10-11,13-14,18-19,28H,3-9,12H2,1-2H3,(H2,24,25,26,27)/t18-,19-/m1/s1. The van der Waals surface area contributed by atoms with Gasteiger partial charge in [0, 0.05) is 37.1 Å². The van der Waals surface area contributed by atoms with Gasteiger partial charge in [-0.25, -0.2) is 18.1 Å². The Morgan fingerprint density at radius 3 is 2.69 bits per heavy atom. The molecule has 1 aromatic carbocycles. The number of nitrogens with one attached hydrogen (secondary N) is 3. The third-order valence-corrected chi connectivity index (χ3v) is 7.14. The van der Waals surface area contributed by atoms with Gasteiger partial charge >= 0.3 is 0 Å². The topological polar surface area (TPSA) is 99.2 Å². The fraction of sp³-hybridized carbons (Fsp3) is 0.545. The van der Waals surface area contributed by atoms with Gasteiger partial charge in [0.1, 0.15) is 5.02 Å². The number of halogens is 1. The molecule has 10 heteroatoms. The summed E-state index contributed by atoms with van der Waals surface area (Å²) in [5.41, 5.74) is 3.52. The average Bonchev–Trinajstić information content (AvgIpc) is 2.92. The maximum Gasteiger partial charge on any atom is 0.229 e. The Hall–Kier alpha value is -2.10. The van der Waals surface area contributed by atoms with Crippen LogP contribution >= 0.6 is 11.6 Å². The van der Waals surface area contributed by atoms with Crippen molar-refractivity contribution in [1.82, 2.24) is 14.7 Å². The van der Waals surface area contributed by atoms with Gasteiger partial charge in [-0.1, -0.05) is 24.4 Å². The van der Waals surface area contributed by atoms with Gasteiger partial charge in [0.25, 0.3) is 0 Å². The van der Waals surface area contributed by atoms with E-state index in [0.29, 0.717) is 16.8 Å². The highest BCUT2D eigenvalue weighted by Gasteiger charge is 2.28. The predicted molar refractivity (Wildman–Crippen MR) is 131 cm³/mol. The van der Waals surface area contributed by atoms with Gasteiger partial charge in [-0.3, -0.25) is 0 Å².